The minimum atomic E-state index is -4.64. The van der Waals surface area contributed by atoms with E-state index in [4.69, 9.17) is 4.74 Å². The smallest absolute Gasteiger partial charge is 0.480 e. The van der Waals surface area contributed by atoms with Crippen molar-refractivity contribution in [3.05, 3.63) is 36.0 Å². The van der Waals surface area contributed by atoms with Gasteiger partial charge in [0.2, 0.25) is 0 Å². The quantitative estimate of drug-likeness (QED) is 0.859. The predicted molar refractivity (Wildman–Crippen MR) is 87.7 cm³/mol. The zero-order valence-corrected chi connectivity index (χ0v) is 14.4. The molecule has 6 nitrogen and oxygen atoms in total. The number of halogens is 3. The van der Waals surface area contributed by atoms with E-state index in [1.807, 2.05) is 0 Å². The summed E-state index contributed by atoms with van der Waals surface area (Å²) in [5.74, 6) is -1.38. The summed E-state index contributed by atoms with van der Waals surface area (Å²) in [6.45, 7) is 4.83. The van der Waals surface area contributed by atoms with Crippen molar-refractivity contribution in [2.24, 2.45) is 0 Å². The van der Waals surface area contributed by atoms with E-state index >= 15 is 0 Å². The van der Waals surface area contributed by atoms with E-state index in [0.717, 1.165) is 6.20 Å². The Morgan fingerprint density at radius 2 is 1.85 bits per heavy atom. The number of carboxylic acids is 1. The molecule has 1 aromatic heterocycles. The van der Waals surface area contributed by atoms with Crippen molar-refractivity contribution < 1.29 is 32.6 Å². The highest BCUT2D eigenvalue weighted by Gasteiger charge is 2.33. The second kappa shape index (κ2) is 6.89. The Labute approximate surface area is 147 Å². The molecule has 0 fully saturated rings. The van der Waals surface area contributed by atoms with Crippen molar-refractivity contribution in [2.75, 3.05) is 0 Å². The van der Waals surface area contributed by atoms with Crippen LogP contribution in [0.1, 0.15) is 26.3 Å². The Kier molecular flexibility index (Phi) is 5.20. The van der Waals surface area contributed by atoms with Gasteiger partial charge in [-0.05, 0) is 32.4 Å². The summed E-state index contributed by atoms with van der Waals surface area (Å²) in [6, 6.07) is 4.35. The molecule has 2 aromatic rings. The van der Waals surface area contributed by atoms with Crippen LogP contribution in [-0.2, 0) is 22.3 Å². The number of para-hydroxylation sites is 1. The molecule has 0 radical (unpaired) electrons. The molecule has 1 heterocycles. The number of nitrogens with one attached hydrogen (secondary N) is 1. The van der Waals surface area contributed by atoms with Gasteiger partial charge in [-0.1, -0.05) is 18.2 Å². The van der Waals surface area contributed by atoms with Crippen molar-refractivity contribution in [3.8, 4) is 0 Å². The fourth-order valence-electron chi connectivity index (χ4n) is 2.49. The second-order valence-corrected chi connectivity index (χ2v) is 6.75. The highest BCUT2D eigenvalue weighted by Crippen LogP contribution is 2.31. The third kappa shape index (κ3) is 4.68. The summed E-state index contributed by atoms with van der Waals surface area (Å²) < 4.78 is 44.7. The zero-order chi connectivity index (χ0) is 19.7. The van der Waals surface area contributed by atoms with Gasteiger partial charge in [-0.15, -0.1) is 13.2 Å². The number of rotatable bonds is 4. The number of hydrogen-bond donors (Lipinski definition) is 2. The lowest BCUT2D eigenvalue weighted by Gasteiger charge is -2.22. The Bertz CT molecular complexity index is 822. The van der Waals surface area contributed by atoms with Crippen LogP contribution in [0, 0.1) is 0 Å². The summed E-state index contributed by atoms with van der Waals surface area (Å²) >= 11 is 0. The van der Waals surface area contributed by atoms with Gasteiger partial charge in [-0.25, -0.2) is 9.59 Å². The molecule has 1 atom stereocenters. The first-order chi connectivity index (χ1) is 11.9. The lowest BCUT2D eigenvalue weighted by molar-refractivity contribution is -0.200. The molecule has 0 saturated heterocycles. The third-order valence-corrected chi connectivity index (χ3v) is 3.48. The van der Waals surface area contributed by atoms with E-state index in [-0.39, 0.29) is 27.5 Å². The van der Waals surface area contributed by atoms with E-state index in [1.54, 1.807) is 26.8 Å². The Morgan fingerprint density at radius 1 is 1.23 bits per heavy atom. The number of hydrogen-bond acceptors (Lipinski definition) is 3. The molecule has 9 heteroatoms. The standard InChI is InChI=1S/C17H19F3N2O4/c1-16(2,3)26-15(25)21-12(14(23)24)8-10-9-22(17(18,19)20)13-7-5-4-6-11(10)13/h4-7,9,12H,8H2,1-3H3,(H,21,25)(H,23,24)/t12-/m0/s1. The fourth-order valence-corrected chi connectivity index (χ4v) is 2.49. The van der Waals surface area contributed by atoms with Gasteiger partial charge in [0.15, 0.2) is 0 Å². The summed E-state index contributed by atoms with van der Waals surface area (Å²) in [5, 5.41) is 11.8. The molecule has 1 amide bonds. The van der Waals surface area contributed by atoms with Crippen molar-refractivity contribution in [2.45, 2.75) is 45.1 Å². The molecule has 1 aromatic carbocycles. The van der Waals surface area contributed by atoms with Gasteiger partial charge in [0, 0.05) is 18.0 Å². The van der Waals surface area contributed by atoms with E-state index in [1.165, 1.54) is 18.2 Å². The van der Waals surface area contributed by atoms with Crippen LogP contribution in [0.3, 0.4) is 0 Å². The molecule has 142 valence electrons. The molecule has 0 unspecified atom stereocenters. The van der Waals surface area contributed by atoms with E-state index < -0.39 is 30.0 Å². The molecule has 0 aliphatic rings. The molecule has 26 heavy (non-hydrogen) atoms. The molecule has 0 spiro atoms. The maximum Gasteiger partial charge on any atom is 0.488 e. The Hall–Kier alpha value is -2.71. The van der Waals surface area contributed by atoms with Gasteiger partial charge in [0.1, 0.15) is 11.6 Å². The van der Waals surface area contributed by atoms with Crippen molar-refractivity contribution in [1.29, 1.82) is 0 Å². The summed E-state index contributed by atoms with van der Waals surface area (Å²) in [4.78, 5) is 23.3. The van der Waals surface area contributed by atoms with Crippen LogP contribution in [0.15, 0.2) is 30.5 Å². The normalized spacial score (nSPS) is 13.5. The number of alkyl carbamates (subject to hydrolysis) is 1. The first-order valence-electron chi connectivity index (χ1n) is 7.77. The van der Waals surface area contributed by atoms with Crippen LogP contribution < -0.4 is 5.32 Å². The van der Waals surface area contributed by atoms with Crippen LogP contribution in [-0.4, -0.2) is 33.4 Å². The maximum absolute atomic E-state index is 13.2. The van der Waals surface area contributed by atoms with Gasteiger partial charge < -0.3 is 15.2 Å². The molecule has 2 rings (SSSR count). The zero-order valence-electron chi connectivity index (χ0n) is 14.4. The number of nitrogens with zero attached hydrogens (tertiary/aromatic N) is 1. The van der Waals surface area contributed by atoms with Crippen LogP contribution >= 0.6 is 0 Å². The van der Waals surface area contributed by atoms with E-state index in [9.17, 15) is 27.9 Å². The highest BCUT2D eigenvalue weighted by atomic mass is 19.4. The lowest BCUT2D eigenvalue weighted by Crippen LogP contribution is -2.44. The molecule has 0 bridgehead atoms. The lowest BCUT2D eigenvalue weighted by atomic mass is 10.1. The average molecular weight is 372 g/mol. The van der Waals surface area contributed by atoms with Gasteiger partial charge in [-0.3, -0.25) is 4.57 Å². The number of ether oxygens (including phenoxy) is 1. The molecule has 0 saturated carbocycles. The van der Waals surface area contributed by atoms with Gasteiger partial charge >= 0.3 is 18.4 Å². The minimum Gasteiger partial charge on any atom is -0.480 e. The van der Waals surface area contributed by atoms with Crippen LogP contribution in [0.2, 0.25) is 0 Å². The number of carboxylic acid groups (broad SMARTS) is 1. The predicted octanol–water partition coefficient (Wildman–Crippen LogP) is 3.64. The van der Waals surface area contributed by atoms with Gasteiger partial charge in [-0.2, -0.15) is 0 Å². The molecular weight excluding hydrogens is 353 g/mol. The average Bonchev–Trinajstić information content (AvgIpc) is 2.83. The van der Waals surface area contributed by atoms with Gasteiger partial charge in [0.05, 0.1) is 5.52 Å². The number of alkyl halides is 3. The molecular formula is C17H19F3N2O4. The fraction of sp³-hybridized carbons (Fsp3) is 0.412. The summed E-state index contributed by atoms with van der Waals surface area (Å²) in [6.07, 6.45) is -5.07. The first-order valence-corrected chi connectivity index (χ1v) is 7.77. The first kappa shape index (κ1) is 19.6. The van der Waals surface area contributed by atoms with Crippen LogP contribution in [0.25, 0.3) is 10.9 Å². The van der Waals surface area contributed by atoms with Crippen LogP contribution in [0.4, 0.5) is 18.0 Å². The number of aromatic nitrogens is 1. The van der Waals surface area contributed by atoms with E-state index in [0.29, 0.717) is 0 Å². The number of carbonyl (C=O) groups excluding carboxylic acids is 1. The van der Waals surface area contributed by atoms with Crippen molar-refractivity contribution >= 4 is 23.0 Å². The number of benzene rings is 1. The number of carbonyl (C=O) groups is 2. The summed E-state index contributed by atoms with van der Waals surface area (Å²) in [7, 11) is 0. The van der Waals surface area contributed by atoms with Crippen molar-refractivity contribution in [1.82, 2.24) is 9.88 Å². The Morgan fingerprint density at radius 3 is 2.38 bits per heavy atom. The largest absolute Gasteiger partial charge is 0.488 e. The van der Waals surface area contributed by atoms with Crippen molar-refractivity contribution in [3.63, 3.8) is 0 Å². The molecule has 0 aliphatic heterocycles. The molecule has 2 N–H and O–H groups in total. The Balaban J connectivity index is 2.32. The number of fused-ring (bicyclic) bond motifs is 1. The number of aliphatic carboxylic acids is 1. The van der Waals surface area contributed by atoms with Crippen LogP contribution in [0.5, 0.6) is 0 Å². The second-order valence-electron chi connectivity index (χ2n) is 6.75. The SMILES string of the molecule is CC(C)(C)OC(=O)N[C@@H](Cc1cn(C(F)(F)F)c2ccccc12)C(=O)O. The monoisotopic (exact) mass is 372 g/mol. The number of amides is 1. The summed E-state index contributed by atoms with van der Waals surface area (Å²) in [5.41, 5.74) is -0.766. The van der Waals surface area contributed by atoms with Gasteiger partial charge in [0.25, 0.3) is 0 Å². The molecule has 0 aliphatic carbocycles. The topological polar surface area (TPSA) is 80.6 Å². The maximum atomic E-state index is 13.2. The minimum absolute atomic E-state index is 0.0867. The third-order valence-electron chi connectivity index (χ3n) is 3.48. The highest BCUT2D eigenvalue weighted by molar-refractivity contribution is 5.86. The van der Waals surface area contributed by atoms with E-state index in [2.05, 4.69) is 5.32 Å².